The average Bonchev–Trinajstić information content (AvgIpc) is 3.05. The summed E-state index contributed by atoms with van der Waals surface area (Å²) in [6, 6.07) is 0. The third kappa shape index (κ3) is 3.59. The molecule has 0 aliphatic carbocycles. The van der Waals surface area contributed by atoms with Crippen LogP contribution in [0.5, 0.6) is 0 Å². The van der Waals surface area contributed by atoms with E-state index in [0.29, 0.717) is 6.42 Å². The Morgan fingerprint density at radius 3 is 2.78 bits per heavy atom. The van der Waals surface area contributed by atoms with Gasteiger partial charge in [-0.05, 0) is 6.92 Å². The number of ether oxygens (including phenoxy) is 2. The van der Waals surface area contributed by atoms with Crippen LogP contribution in [0.1, 0.15) is 19.8 Å². The van der Waals surface area contributed by atoms with Crippen LogP contribution in [0, 0.1) is 0 Å². The van der Waals surface area contributed by atoms with E-state index in [2.05, 4.69) is 5.48 Å². The first-order chi connectivity index (χ1) is 8.61. The molecular weight excluding hydrogens is 246 g/mol. The van der Waals surface area contributed by atoms with E-state index in [9.17, 15) is 10.2 Å². The molecule has 0 amide bonds. The van der Waals surface area contributed by atoms with Crippen molar-refractivity contribution in [3.05, 3.63) is 0 Å². The summed E-state index contributed by atoms with van der Waals surface area (Å²) in [4.78, 5) is 9.63. The highest BCUT2D eigenvalue weighted by atomic mass is 17.3. The quantitative estimate of drug-likeness (QED) is 0.258. The summed E-state index contributed by atoms with van der Waals surface area (Å²) >= 11 is 0. The Balaban J connectivity index is 1.60. The predicted molar refractivity (Wildman–Crippen MR) is 56.6 cm³/mol. The summed E-state index contributed by atoms with van der Waals surface area (Å²) in [7, 11) is 0. The molecule has 2 rings (SSSR count). The zero-order valence-electron chi connectivity index (χ0n) is 10.1. The van der Waals surface area contributed by atoms with Gasteiger partial charge in [-0.1, -0.05) is 0 Å². The highest BCUT2D eigenvalue weighted by Gasteiger charge is 2.40. The maximum atomic E-state index is 9.51. The van der Waals surface area contributed by atoms with Crippen molar-refractivity contribution in [1.29, 1.82) is 0 Å². The van der Waals surface area contributed by atoms with Crippen molar-refractivity contribution in [2.75, 3.05) is 6.61 Å². The molecule has 0 bridgehead atoms. The largest absolute Gasteiger partial charge is 0.396 e. The van der Waals surface area contributed by atoms with Gasteiger partial charge < -0.3 is 24.8 Å². The number of aliphatic hydroxyl groups is 3. The van der Waals surface area contributed by atoms with Gasteiger partial charge in [-0.25, -0.2) is 0 Å². The van der Waals surface area contributed by atoms with E-state index in [1.165, 1.54) is 0 Å². The van der Waals surface area contributed by atoms with Gasteiger partial charge in [0.2, 0.25) is 0 Å². The van der Waals surface area contributed by atoms with E-state index in [0.717, 1.165) is 0 Å². The molecule has 6 atom stereocenters. The minimum Gasteiger partial charge on any atom is -0.396 e. The van der Waals surface area contributed by atoms with Gasteiger partial charge in [-0.15, -0.1) is 10.5 Å². The molecular formula is C10H19NO7. The standard InChI is InChI=1S/C10H19NO7/c1-5-9(14)6(13)4-8(15-5)17-18-11-10-7(16-10)2-3-12/h5-14H,2-4H2,1H3/t5-,6?,7?,8?,9?,10?/m1/s1. The minimum atomic E-state index is -0.918. The molecule has 2 fully saturated rings. The van der Waals surface area contributed by atoms with Gasteiger partial charge in [0.1, 0.15) is 12.2 Å². The first-order valence-electron chi connectivity index (χ1n) is 5.97. The Labute approximate surface area is 104 Å². The zero-order chi connectivity index (χ0) is 13.1. The van der Waals surface area contributed by atoms with Crippen LogP contribution in [-0.4, -0.2) is 58.9 Å². The average molecular weight is 265 g/mol. The molecule has 4 N–H and O–H groups in total. The smallest absolute Gasteiger partial charge is 0.196 e. The Bertz CT molecular complexity index is 255. The van der Waals surface area contributed by atoms with Gasteiger partial charge in [0.15, 0.2) is 12.5 Å². The lowest BCUT2D eigenvalue weighted by molar-refractivity contribution is -0.430. The van der Waals surface area contributed by atoms with Gasteiger partial charge in [-0.2, -0.15) is 4.89 Å². The molecule has 0 saturated carbocycles. The molecule has 0 aromatic carbocycles. The lowest BCUT2D eigenvalue weighted by atomic mass is 10.0. The van der Waals surface area contributed by atoms with Crippen LogP contribution in [0.3, 0.4) is 0 Å². The van der Waals surface area contributed by atoms with Crippen molar-refractivity contribution in [2.24, 2.45) is 0 Å². The van der Waals surface area contributed by atoms with Crippen molar-refractivity contribution in [1.82, 2.24) is 5.48 Å². The van der Waals surface area contributed by atoms with E-state index < -0.39 is 24.6 Å². The van der Waals surface area contributed by atoms with Crippen molar-refractivity contribution in [2.45, 2.75) is 56.7 Å². The van der Waals surface area contributed by atoms with Crippen molar-refractivity contribution < 1.29 is 34.7 Å². The maximum Gasteiger partial charge on any atom is 0.196 e. The lowest BCUT2D eigenvalue weighted by Gasteiger charge is -2.34. The third-order valence-corrected chi connectivity index (χ3v) is 2.99. The fourth-order valence-corrected chi connectivity index (χ4v) is 1.81. The molecule has 2 aliphatic heterocycles. The minimum absolute atomic E-state index is 0.0526. The van der Waals surface area contributed by atoms with Crippen LogP contribution >= 0.6 is 0 Å². The van der Waals surface area contributed by atoms with E-state index in [4.69, 9.17) is 24.5 Å². The van der Waals surface area contributed by atoms with Crippen LogP contribution in [-0.2, 0) is 19.3 Å². The van der Waals surface area contributed by atoms with Gasteiger partial charge in [-0.3, -0.25) is 0 Å². The predicted octanol–water partition coefficient (Wildman–Crippen LogP) is -1.60. The number of epoxide rings is 1. The SMILES string of the molecule is C[C@H]1OC(OONC2OC2CCO)CC(O)C1O. The first kappa shape index (κ1) is 14.1. The molecule has 2 saturated heterocycles. The second kappa shape index (κ2) is 6.22. The summed E-state index contributed by atoms with van der Waals surface area (Å²) in [5.74, 6) is 0. The Hall–Kier alpha value is -0.320. The Morgan fingerprint density at radius 2 is 2.11 bits per heavy atom. The molecule has 2 aliphatic rings. The van der Waals surface area contributed by atoms with Crippen LogP contribution < -0.4 is 5.48 Å². The molecule has 8 nitrogen and oxygen atoms in total. The van der Waals surface area contributed by atoms with Gasteiger partial charge in [0, 0.05) is 19.4 Å². The molecule has 0 aromatic rings. The second-order valence-corrected chi connectivity index (χ2v) is 4.47. The van der Waals surface area contributed by atoms with Gasteiger partial charge in [0.25, 0.3) is 0 Å². The fourth-order valence-electron chi connectivity index (χ4n) is 1.81. The Kier molecular flexibility index (Phi) is 4.87. The van der Waals surface area contributed by atoms with Gasteiger partial charge in [0.05, 0.1) is 12.2 Å². The van der Waals surface area contributed by atoms with Crippen molar-refractivity contribution in [3.8, 4) is 0 Å². The molecule has 0 spiro atoms. The van der Waals surface area contributed by atoms with E-state index in [-0.39, 0.29) is 25.4 Å². The second-order valence-electron chi connectivity index (χ2n) is 4.47. The van der Waals surface area contributed by atoms with Crippen LogP contribution in [0.15, 0.2) is 0 Å². The maximum absolute atomic E-state index is 9.51. The van der Waals surface area contributed by atoms with E-state index in [1.54, 1.807) is 6.92 Å². The molecule has 106 valence electrons. The number of hydrogen-bond acceptors (Lipinski definition) is 8. The highest BCUT2D eigenvalue weighted by molar-refractivity contribution is 4.80. The van der Waals surface area contributed by atoms with Crippen molar-refractivity contribution >= 4 is 0 Å². The summed E-state index contributed by atoms with van der Waals surface area (Å²) in [5, 5.41) is 27.6. The molecule has 0 aromatic heterocycles. The topological polar surface area (TPSA) is 113 Å². The lowest BCUT2D eigenvalue weighted by Crippen LogP contribution is -2.48. The van der Waals surface area contributed by atoms with E-state index in [1.807, 2.05) is 0 Å². The molecule has 8 heteroatoms. The summed E-state index contributed by atoms with van der Waals surface area (Å²) in [6.45, 7) is 1.69. The number of hydrogen-bond donors (Lipinski definition) is 4. The molecule has 2 heterocycles. The third-order valence-electron chi connectivity index (χ3n) is 2.99. The van der Waals surface area contributed by atoms with Crippen LogP contribution in [0.25, 0.3) is 0 Å². The van der Waals surface area contributed by atoms with Crippen LogP contribution in [0.2, 0.25) is 0 Å². The van der Waals surface area contributed by atoms with Gasteiger partial charge >= 0.3 is 0 Å². The summed E-state index contributed by atoms with van der Waals surface area (Å²) < 4.78 is 10.4. The monoisotopic (exact) mass is 265 g/mol. The highest BCUT2D eigenvalue weighted by Crippen LogP contribution is 2.23. The molecule has 18 heavy (non-hydrogen) atoms. The Morgan fingerprint density at radius 1 is 1.33 bits per heavy atom. The number of hydroxylamine groups is 1. The number of aliphatic hydroxyl groups excluding tert-OH is 3. The molecule has 5 unspecified atom stereocenters. The first-order valence-corrected chi connectivity index (χ1v) is 5.97. The summed E-state index contributed by atoms with van der Waals surface area (Å²) in [6.07, 6.45) is -2.81. The zero-order valence-corrected chi connectivity index (χ0v) is 10.1. The van der Waals surface area contributed by atoms with Crippen LogP contribution in [0.4, 0.5) is 0 Å². The normalized spacial score (nSPS) is 44.0. The van der Waals surface area contributed by atoms with Crippen molar-refractivity contribution in [3.63, 3.8) is 0 Å². The summed E-state index contributed by atoms with van der Waals surface area (Å²) in [5.41, 5.74) is 2.50. The number of nitrogens with one attached hydrogen (secondary N) is 1. The fraction of sp³-hybridized carbons (Fsp3) is 1.00. The number of rotatable bonds is 6. The molecule has 0 radical (unpaired) electrons. The van der Waals surface area contributed by atoms with E-state index >= 15 is 0 Å².